The number of nitro benzene ring substituents is 2. The lowest BCUT2D eigenvalue weighted by atomic mass is 10.2. The van der Waals surface area contributed by atoms with E-state index in [4.69, 9.17) is 9.47 Å². The highest BCUT2D eigenvalue weighted by Gasteiger charge is 2.17. The van der Waals surface area contributed by atoms with Gasteiger partial charge in [-0.05, 0) is 38.1 Å². The summed E-state index contributed by atoms with van der Waals surface area (Å²) in [6.07, 6.45) is -1.16. The topological polar surface area (TPSA) is 122 Å². The summed E-state index contributed by atoms with van der Waals surface area (Å²) in [6.45, 7) is 3.09. The minimum atomic E-state index is -1.16. The maximum Gasteiger partial charge on any atom is 0.519 e. The van der Waals surface area contributed by atoms with E-state index in [1.165, 1.54) is 24.3 Å². The number of hydrogen-bond acceptors (Lipinski definition) is 7. The molecule has 0 aliphatic heterocycles. The average Bonchev–Trinajstić information content (AvgIpc) is 2.50. The number of nitro groups is 2. The van der Waals surface area contributed by atoms with Gasteiger partial charge in [-0.25, -0.2) is 4.79 Å². The number of carbonyl (C=O) groups excluding carboxylic acids is 1. The first-order chi connectivity index (χ1) is 11.3. The van der Waals surface area contributed by atoms with Gasteiger partial charge in [-0.1, -0.05) is 0 Å². The van der Waals surface area contributed by atoms with E-state index in [-0.39, 0.29) is 22.9 Å². The highest BCUT2D eigenvalue weighted by molar-refractivity contribution is 5.68. The monoisotopic (exact) mass is 332 g/mol. The Labute approximate surface area is 135 Å². The van der Waals surface area contributed by atoms with Crippen molar-refractivity contribution in [3.05, 3.63) is 67.8 Å². The summed E-state index contributed by atoms with van der Waals surface area (Å²) >= 11 is 0. The minimum Gasteiger partial charge on any atom is -0.394 e. The third kappa shape index (κ3) is 3.83. The van der Waals surface area contributed by atoms with E-state index in [2.05, 4.69) is 0 Å². The van der Waals surface area contributed by atoms with Crippen molar-refractivity contribution in [1.29, 1.82) is 0 Å². The van der Waals surface area contributed by atoms with Crippen molar-refractivity contribution < 1.29 is 24.1 Å². The SMILES string of the molecule is Cc1ccc(OC(=O)Oc2ccc(C)c([N+](=O)[O-])c2)cc1[N+](=O)[O-]. The molecule has 0 aromatic heterocycles. The first-order valence-corrected chi connectivity index (χ1v) is 6.67. The van der Waals surface area contributed by atoms with Crippen LogP contribution in [0.5, 0.6) is 11.5 Å². The van der Waals surface area contributed by atoms with Crippen LogP contribution in [-0.2, 0) is 0 Å². The molecule has 0 saturated heterocycles. The first kappa shape index (κ1) is 16.9. The van der Waals surface area contributed by atoms with Gasteiger partial charge < -0.3 is 9.47 Å². The summed E-state index contributed by atoms with van der Waals surface area (Å²) in [6, 6.07) is 7.79. The van der Waals surface area contributed by atoms with Crippen LogP contribution in [0.1, 0.15) is 11.1 Å². The summed E-state index contributed by atoms with van der Waals surface area (Å²) in [5, 5.41) is 21.7. The number of nitrogens with zero attached hydrogens (tertiary/aromatic N) is 2. The zero-order chi connectivity index (χ0) is 17.9. The highest BCUT2D eigenvalue weighted by Crippen LogP contribution is 2.26. The molecule has 0 bridgehead atoms. The Morgan fingerprint density at radius 2 is 1.21 bits per heavy atom. The maximum atomic E-state index is 11.7. The Balaban J connectivity index is 2.14. The zero-order valence-corrected chi connectivity index (χ0v) is 12.7. The van der Waals surface area contributed by atoms with E-state index < -0.39 is 16.0 Å². The van der Waals surface area contributed by atoms with Gasteiger partial charge in [-0.2, -0.15) is 0 Å². The predicted molar refractivity (Wildman–Crippen MR) is 82.3 cm³/mol. The molecule has 2 rings (SSSR count). The minimum absolute atomic E-state index is 0.0705. The second-order valence-corrected chi connectivity index (χ2v) is 4.86. The van der Waals surface area contributed by atoms with E-state index in [9.17, 15) is 25.0 Å². The van der Waals surface area contributed by atoms with E-state index >= 15 is 0 Å². The summed E-state index contributed by atoms with van der Waals surface area (Å²) in [5.74, 6) is -0.141. The van der Waals surface area contributed by atoms with Crippen LogP contribution in [0.2, 0.25) is 0 Å². The van der Waals surface area contributed by atoms with Crippen molar-refractivity contribution in [1.82, 2.24) is 0 Å². The van der Waals surface area contributed by atoms with Crippen LogP contribution < -0.4 is 9.47 Å². The summed E-state index contributed by atoms with van der Waals surface area (Å²) in [5.41, 5.74) is 0.419. The molecule has 0 heterocycles. The summed E-state index contributed by atoms with van der Waals surface area (Å²) < 4.78 is 9.72. The van der Waals surface area contributed by atoms with Crippen molar-refractivity contribution in [2.24, 2.45) is 0 Å². The second-order valence-electron chi connectivity index (χ2n) is 4.86. The molecular formula is C15H12N2O7. The van der Waals surface area contributed by atoms with Gasteiger partial charge in [0.2, 0.25) is 0 Å². The first-order valence-electron chi connectivity index (χ1n) is 6.67. The molecule has 124 valence electrons. The van der Waals surface area contributed by atoms with E-state index in [0.29, 0.717) is 11.1 Å². The van der Waals surface area contributed by atoms with Crippen LogP contribution in [0.3, 0.4) is 0 Å². The maximum absolute atomic E-state index is 11.7. The molecule has 2 aromatic carbocycles. The molecule has 24 heavy (non-hydrogen) atoms. The predicted octanol–water partition coefficient (Wildman–Crippen LogP) is 3.70. The molecular weight excluding hydrogens is 320 g/mol. The molecule has 0 N–H and O–H groups in total. The fraction of sp³-hybridized carbons (Fsp3) is 0.133. The van der Waals surface area contributed by atoms with Crippen LogP contribution in [-0.4, -0.2) is 16.0 Å². The van der Waals surface area contributed by atoms with Crippen molar-refractivity contribution >= 4 is 17.5 Å². The molecule has 0 unspecified atom stereocenters. The van der Waals surface area contributed by atoms with Crippen LogP contribution in [0, 0.1) is 34.1 Å². The lowest BCUT2D eigenvalue weighted by Gasteiger charge is -2.07. The largest absolute Gasteiger partial charge is 0.519 e. The number of benzene rings is 2. The number of hydrogen-bond donors (Lipinski definition) is 0. The second kappa shape index (κ2) is 6.73. The van der Waals surface area contributed by atoms with Crippen LogP contribution >= 0.6 is 0 Å². The van der Waals surface area contributed by atoms with Crippen molar-refractivity contribution in [2.45, 2.75) is 13.8 Å². The molecule has 0 aliphatic rings. The zero-order valence-electron chi connectivity index (χ0n) is 12.7. The molecule has 9 nitrogen and oxygen atoms in total. The summed E-state index contributed by atoms with van der Waals surface area (Å²) in [7, 11) is 0. The Kier molecular flexibility index (Phi) is 4.73. The molecule has 0 saturated carbocycles. The molecule has 0 aliphatic carbocycles. The van der Waals surface area contributed by atoms with Gasteiger partial charge in [-0.3, -0.25) is 20.2 Å². The Morgan fingerprint density at radius 3 is 1.54 bits per heavy atom. The molecule has 0 fully saturated rings. The van der Waals surface area contributed by atoms with E-state index in [0.717, 1.165) is 12.1 Å². The highest BCUT2D eigenvalue weighted by atomic mass is 16.7. The molecule has 9 heteroatoms. The van der Waals surface area contributed by atoms with Gasteiger partial charge in [0.05, 0.1) is 22.0 Å². The molecule has 0 spiro atoms. The Bertz CT molecular complexity index is 765. The van der Waals surface area contributed by atoms with Gasteiger partial charge in [0.25, 0.3) is 11.4 Å². The fourth-order valence-corrected chi connectivity index (χ4v) is 1.91. The Morgan fingerprint density at radius 1 is 0.833 bits per heavy atom. The van der Waals surface area contributed by atoms with Gasteiger partial charge in [0.1, 0.15) is 11.5 Å². The lowest BCUT2D eigenvalue weighted by molar-refractivity contribution is -0.385. The van der Waals surface area contributed by atoms with E-state index in [1.807, 2.05) is 0 Å². The van der Waals surface area contributed by atoms with Crippen molar-refractivity contribution in [3.8, 4) is 11.5 Å². The molecule has 0 atom stereocenters. The lowest BCUT2D eigenvalue weighted by Crippen LogP contribution is -2.14. The Hall–Kier alpha value is -3.49. The number of carbonyl (C=O) groups is 1. The van der Waals surface area contributed by atoms with Gasteiger partial charge in [0.15, 0.2) is 0 Å². The third-order valence-corrected chi connectivity index (χ3v) is 3.16. The molecule has 2 aromatic rings. The van der Waals surface area contributed by atoms with Crippen LogP contribution in [0.15, 0.2) is 36.4 Å². The third-order valence-electron chi connectivity index (χ3n) is 3.16. The van der Waals surface area contributed by atoms with Crippen LogP contribution in [0.25, 0.3) is 0 Å². The number of ether oxygens (including phenoxy) is 2. The summed E-state index contributed by atoms with van der Waals surface area (Å²) in [4.78, 5) is 32.2. The van der Waals surface area contributed by atoms with Gasteiger partial charge in [-0.15, -0.1) is 0 Å². The number of rotatable bonds is 4. The molecule has 0 radical (unpaired) electrons. The van der Waals surface area contributed by atoms with Crippen molar-refractivity contribution in [3.63, 3.8) is 0 Å². The smallest absolute Gasteiger partial charge is 0.394 e. The van der Waals surface area contributed by atoms with Gasteiger partial charge in [0, 0.05) is 11.1 Å². The van der Waals surface area contributed by atoms with Crippen molar-refractivity contribution in [2.75, 3.05) is 0 Å². The van der Waals surface area contributed by atoms with E-state index in [1.54, 1.807) is 13.8 Å². The molecule has 0 amide bonds. The quantitative estimate of drug-likeness (QED) is 0.362. The fourth-order valence-electron chi connectivity index (χ4n) is 1.91. The normalized spacial score (nSPS) is 10.1. The van der Waals surface area contributed by atoms with Gasteiger partial charge >= 0.3 is 6.16 Å². The van der Waals surface area contributed by atoms with Crippen LogP contribution in [0.4, 0.5) is 16.2 Å². The standard InChI is InChI=1S/C15H12N2O7/c1-9-3-5-11(7-13(9)16(19)20)23-15(18)24-12-6-4-10(2)14(8-12)17(21)22/h3-8H,1-2H3. The number of aryl methyl sites for hydroxylation is 2. The average molecular weight is 332 g/mol.